The molecular formula is C7H9NOS2. The predicted octanol–water partition coefficient (Wildman–Crippen LogP) is 1.52. The van der Waals surface area contributed by atoms with Crippen molar-refractivity contribution in [3.05, 3.63) is 23.8 Å². The molecule has 1 aliphatic rings. The minimum atomic E-state index is -0.425. The first kappa shape index (κ1) is 8.74. The van der Waals surface area contributed by atoms with Crippen molar-refractivity contribution in [1.29, 1.82) is 0 Å². The lowest BCUT2D eigenvalue weighted by Gasteiger charge is -2.16. The van der Waals surface area contributed by atoms with Gasteiger partial charge in [-0.15, -0.1) is 12.6 Å². The molecule has 60 valence electrons. The van der Waals surface area contributed by atoms with E-state index >= 15 is 0 Å². The van der Waals surface area contributed by atoms with Crippen LogP contribution in [-0.4, -0.2) is 9.99 Å². The number of hydrogen-bond donors (Lipinski definition) is 2. The Labute approximate surface area is 75.5 Å². The van der Waals surface area contributed by atoms with E-state index < -0.39 is 4.20 Å². The minimum absolute atomic E-state index is 0.0349. The molecule has 1 rings (SSSR count). The first-order valence-corrected chi connectivity index (χ1v) is 4.48. The summed E-state index contributed by atoms with van der Waals surface area (Å²) in [5, 5.41) is 4.90. The van der Waals surface area contributed by atoms with Gasteiger partial charge >= 0.3 is 0 Å². The summed E-state index contributed by atoms with van der Waals surface area (Å²) in [5.41, 5.74) is 0. The standard InChI is InChI=1S/C7H9NOS2/c1-6(9)2-3-7(10)8-4-5-11-7/h2-5,8,10H,1H3/b3-2+. The van der Waals surface area contributed by atoms with Gasteiger partial charge in [0, 0.05) is 6.20 Å². The number of thiol groups is 1. The van der Waals surface area contributed by atoms with Crippen molar-refractivity contribution in [3.8, 4) is 0 Å². The fraction of sp³-hybridized carbons (Fsp3) is 0.286. The summed E-state index contributed by atoms with van der Waals surface area (Å²) >= 11 is 5.83. The highest BCUT2D eigenvalue weighted by Crippen LogP contribution is 2.33. The van der Waals surface area contributed by atoms with Gasteiger partial charge in [-0.1, -0.05) is 11.8 Å². The summed E-state index contributed by atoms with van der Waals surface area (Å²) in [6.45, 7) is 1.51. The zero-order valence-corrected chi connectivity index (χ0v) is 7.78. The average molecular weight is 187 g/mol. The molecule has 0 amide bonds. The summed E-state index contributed by atoms with van der Waals surface area (Å²) in [4.78, 5) is 10.6. The van der Waals surface area contributed by atoms with Crippen molar-refractivity contribution >= 4 is 30.2 Å². The maximum atomic E-state index is 10.6. The van der Waals surface area contributed by atoms with Crippen molar-refractivity contribution in [3.63, 3.8) is 0 Å². The van der Waals surface area contributed by atoms with Crippen LogP contribution in [0.4, 0.5) is 0 Å². The van der Waals surface area contributed by atoms with Crippen LogP contribution in [0.15, 0.2) is 23.8 Å². The van der Waals surface area contributed by atoms with E-state index in [1.54, 1.807) is 6.08 Å². The molecule has 1 aliphatic heterocycles. The third-order valence-electron chi connectivity index (χ3n) is 1.15. The normalized spacial score (nSPS) is 29.3. The number of thioether (sulfide) groups is 1. The minimum Gasteiger partial charge on any atom is -0.365 e. The molecular weight excluding hydrogens is 178 g/mol. The number of carbonyl (C=O) groups is 1. The van der Waals surface area contributed by atoms with Gasteiger partial charge in [0.05, 0.1) is 0 Å². The van der Waals surface area contributed by atoms with Crippen molar-refractivity contribution in [2.24, 2.45) is 0 Å². The van der Waals surface area contributed by atoms with Gasteiger partial charge in [-0.05, 0) is 24.5 Å². The number of rotatable bonds is 2. The Hall–Kier alpha value is -0.350. The molecule has 1 atom stereocenters. The lowest BCUT2D eigenvalue weighted by atomic mass is 10.4. The molecule has 2 nitrogen and oxygen atoms in total. The van der Waals surface area contributed by atoms with E-state index in [0.29, 0.717) is 0 Å². The van der Waals surface area contributed by atoms with Gasteiger partial charge in [0.25, 0.3) is 0 Å². The number of carbonyl (C=O) groups excluding carboxylic acids is 1. The van der Waals surface area contributed by atoms with Crippen LogP contribution in [0.2, 0.25) is 0 Å². The van der Waals surface area contributed by atoms with Gasteiger partial charge in [0.1, 0.15) is 0 Å². The Morgan fingerprint density at radius 2 is 2.55 bits per heavy atom. The Morgan fingerprint density at radius 1 is 1.82 bits per heavy atom. The molecule has 0 radical (unpaired) electrons. The molecule has 0 bridgehead atoms. The maximum absolute atomic E-state index is 10.6. The topological polar surface area (TPSA) is 29.1 Å². The van der Waals surface area contributed by atoms with Gasteiger partial charge in [-0.25, -0.2) is 0 Å². The Kier molecular flexibility index (Phi) is 2.67. The van der Waals surface area contributed by atoms with E-state index in [4.69, 9.17) is 0 Å². The van der Waals surface area contributed by atoms with Crippen LogP contribution in [0, 0.1) is 0 Å². The molecule has 0 saturated carbocycles. The zero-order valence-electron chi connectivity index (χ0n) is 6.07. The van der Waals surface area contributed by atoms with Crippen LogP contribution in [0.3, 0.4) is 0 Å². The molecule has 0 aromatic rings. The van der Waals surface area contributed by atoms with Crippen LogP contribution >= 0.6 is 24.4 Å². The van der Waals surface area contributed by atoms with E-state index in [9.17, 15) is 4.79 Å². The molecule has 0 aromatic heterocycles. The summed E-state index contributed by atoms with van der Waals surface area (Å²) in [6, 6.07) is 0. The highest BCUT2D eigenvalue weighted by Gasteiger charge is 2.22. The van der Waals surface area contributed by atoms with Crippen molar-refractivity contribution in [2.45, 2.75) is 11.1 Å². The summed E-state index contributed by atoms with van der Waals surface area (Å²) in [7, 11) is 0. The van der Waals surface area contributed by atoms with E-state index in [0.717, 1.165) is 0 Å². The van der Waals surface area contributed by atoms with Crippen molar-refractivity contribution in [1.82, 2.24) is 5.32 Å². The van der Waals surface area contributed by atoms with Crippen molar-refractivity contribution < 1.29 is 4.79 Å². The highest BCUT2D eigenvalue weighted by atomic mass is 32.2. The van der Waals surface area contributed by atoms with Crippen LogP contribution in [0.25, 0.3) is 0 Å². The quantitative estimate of drug-likeness (QED) is 0.507. The van der Waals surface area contributed by atoms with Gasteiger partial charge in [-0.2, -0.15) is 0 Å². The maximum Gasteiger partial charge on any atom is 0.152 e. The number of ketones is 1. The van der Waals surface area contributed by atoms with Crippen LogP contribution < -0.4 is 5.32 Å². The van der Waals surface area contributed by atoms with E-state index in [1.165, 1.54) is 24.8 Å². The Morgan fingerprint density at radius 3 is 3.00 bits per heavy atom. The second-order valence-electron chi connectivity index (χ2n) is 2.21. The molecule has 0 aliphatic carbocycles. The summed E-state index contributed by atoms with van der Waals surface area (Å²) in [6.07, 6.45) is 5.06. The molecule has 1 N–H and O–H groups in total. The highest BCUT2D eigenvalue weighted by molar-refractivity contribution is 8.13. The van der Waals surface area contributed by atoms with Crippen LogP contribution in [-0.2, 0) is 4.79 Å². The molecule has 1 unspecified atom stereocenters. The number of hydrogen-bond acceptors (Lipinski definition) is 4. The molecule has 0 spiro atoms. The first-order valence-electron chi connectivity index (χ1n) is 3.15. The number of allylic oxidation sites excluding steroid dienone is 1. The smallest absolute Gasteiger partial charge is 0.152 e. The average Bonchev–Trinajstić information content (AvgIpc) is 2.33. The molecule has 0 fully saturated rings. The Balaban J connectivity index is 2.54. The lowest BCUT2D eigenvalue weighted by molar-refractivity contribution is -0.112. The third kappa shape index (κ3) is 2.63. The van der Waals surface area contributed by atoms with Gasteiger partial charge < -0.3 is 5.32 Å². The largest absolute Gasteiger partial charge is 0.365 e. The summed E-state index contributed by atoms with van der Waals surface area (Å²) in [5.74, 6) is 0.0349. The van der Waals surface area contributed by atoms with Gasteiger partial charge in [0.2, 0.25) is 0 Å². The Bertz CT molecular complexity index is 214. The SMILES string of the molecule is CC(=O)/C=C/C1(S)NC=CS1. The fourth-order valence-electron chi connectivity index (χ4n) is 0.643. The first-order chi connectivity index (χ1) is 5.12. The molecule has 4 heteroatoms. The fourth-order valence-corrected chi connectivity index (χ4v) is 1.60. The number of nitrogens with one attached hydrogen (secondary N) is 1. The van der Waals surface area contributed by atoms with Crippen LogP contribution in [0.5, 0.6) is 0 Å². The van der Waals surface area contributed by atoms with Crippen LogP contribution in [0.1, 0.15) is 6.92 Å². The second-order valence-corrected chi connectivity index (χ2v) is 4.37. The van der Waals surface area contributed by atoms with Gasteiger partial charge in [-0.3, -0.25) is 4.79 Å². The van der Waals surface area contributed by atoms with E-state index in [-0.39, 0.29) is 5.78 Å². The molecule has 0 saturated heterocycles. The zero-order chi connectivity index (χ0) is 8.32. The van der Waals surface area contributed by atoms with Crippen molar-refractivity contribution in [2.75, 3.05) is 0 Å². The van der Waals surface area contributed by atoms with E-state index in [1.807, 2.05) is 11.6 Å². The van der Waals surface area contributed by atoms with E-state index in [2.05, 4.69) is 17.9 Å². The predicted molar refractivity (Wildman–Crippen MR) is 51.4 cm³/mol. The summed E-state index contributed by atoms with van der Waals surface area (Å²) < 4.78 is -0.425. The monoisotopic (exact) mass is 187 g/mol. The molecule has 1 heterocycles. The molecule has 0 aromatic carbocycles. The third-order valence-corrected chi connectivity index (χ3v) is 2.63. The molecule has 11 heavy (non-hydrogen) atoms. The second kappa shape index (κ2) is 3.36. The lowest BCUT2D eigenvalue weighted by Crippen LogP contribution is -2.25. The van der Waals surface area contributed by atoms with Gasteiger partial charge in [0.15, 0.2) is 9.99 Å².